The Morgan fingerprint density at radius 1 is 1.29 bits per heavy atom. The topological polar surface area (TPSA) is 66.8 Å². The molecule has 17 heavy (non-hydrogen) atoms. The Balaban J connectivity index is 1.88. The first-order valence-corrected chi connectivity index (χ1v) is 6.31. The van der Waals surface area contributed by atoms with Gasteiger partial charge in [-0.3, -0.25) is 4.79 Å². The van der Waals surface area contributed by atoms with E-state index < -0.39 is 5.97 Å². The van der Waals surface area contributed by atoms with Crippen molar-refractivity contribution < 1.29 is 19.4 Å². The van der Waals surface area contributed by atoms with Crippen molar-refractivity contribution in [1.82, 2.24) is 4.90 Å². The molecule has 2 rings (SSSR count). The summed E-state index contributed by atoms with van der Waals surface area (Å²) in [7, 11) is 0. The molecule has 1 saturated heterocycles. The number of nitrogens with zero attached hydrogens (tertiary/aromatic N) is 1. The lowest BCUT2D eigenvalue weighted by atomic mass is 9.81. The third-order valence-corrected chi connectivity index (χ3v) is 3.76. The van der Waals surface area contributed by atoms with Gasteiger partial charge in [0.2, 0.25) is 0 Å². The first-order valence-electron chi connectivity index (χ1n) is 6.31. The van der Waals surface area contributed by atoms with Gasteiger partial charge < -0.3 is 14.7 Å². The number of carboxylic acids is 1. The smallest absolute Gasteiger partial charge is 0.410 e. The molecule has 0 unspecified atom stereocenters. The molecule has 1 spiro atoms. The highest BCUT2D eigenvalue weighted by atomic mass is 16.6. The number of aliphatic carboxylic acids is 1. The van der Waals surface area contributed by atoms with Crippen LogP contribution in [0.2, 0.25) is 0 Å². The molecule has 1 aliphatic heterocycles. The van der Waals surface area contributed by atoms with Crippen LogP contribution in [0.25, 0.3) is 0 Å². The van der Waals surface area contributed by atoms with Gasteiger partial charge >= 0.3 is 12.1 Å². The van der Waals surface area contributed by atoms with Gasteiger partial charge in [-0.25, -0.2) is 4.79 Å². The molecule has 2 aliphatic rings. The van der Waals surface area contributed by atoms with Crippen LogP contribution in [0.3, 0.4) is 0 Å². The Kier molecular flexibility index (Phi) is 3.54. The van der Waals surface area contributed by atoms with Crippen LogP contribution in [-0.4, -0.2) is 40.8 Å². The number of hydrogen-bond acceptors (Lipinski definition) is 3. The summed E-state index contributed by atoms with van der Waals surface area (Å²) in [4.78, 5) is 23.8. The highest BCUT2D eigenvalue weighted by molar-refractivity contribution is 5.71. The van der Waals surface area contributed by atoms with Crippen LogP contribution in [0.4, 0.5) is 4.79 Å². The molecule has 0 aromatic rings. The molecule has 0 aromatic carbocycles. The second-order valence-electron chi connectivity index (χ2n) is 4.99. The minimum absolute atomic E-state index is 0.0118. The maximum Gasteiger partial charge on any atom is 0.410 e. The zero-order chi connectivity index (χ0) is 12.3. The number of ether oxygens (including phenoxy) is 1. The van der Waals surface area contributed by atoms with Gasteiger partial charge in [-0.15, -0.1) is 0 Å². The van der Waals surface area contributed by atoms with Crippen molar-refractivity contribution >= 4 is 12.1 Å². The second kappa shape index (κ2) is 4.94. The van der Waals surface area contributed by atoms with Crippen molar-refractivity contribution in [3.05, 3.63) is 0 Å². The molecule has 1 amide bonds. The molecular weight excluding hydrogens is 222 g/mol. The Morgan fingerprint density at radius 2 is 2.00 bits per heavy atom. The van der Waals surface area contributed by atoms with Crippen LogP contribution in [0, 0.1) is 0 Å². The Morgan fingerprint density at radius 3 is 2.59 bits per heavy atom. The lowest BCUT2D eigenvalue weighted by molar-refractivity contribution is -0.137. The number of rotatable bonds is 3. The normalized spacial score (nSPS) is 23.5. The van der Waals surface area contributed by atoms with E-state index in [2.05, 4.69) is 0 Å². The molecule has 1 heterocycles. The molecule has 2 fully saturated rings. The number of carbonyl (C=O) groups is 2. The van der Waals surface area contributed by atoms with Gasteiger partial charge in [0.15, 0.2) is 0 Å². The monoisotopic (exact) mass is 241 g/mol. The number of hydrogen-bond donors (Lipinski definition) is 1. The number of amides is 1. The van der Waals surface area contributed by atoms with Gasteiger partial charge in [0, 0.05) is 19.5 Å². The summed E-state index contributed by atoms with van der Waals surface area (Å²) in [6.07, 6.45) is 5.91. The Bertz CT molecular complexity index is 310. The minimum atomic E-state index is -0.879. The van der Waals surface area contributed by atoms with Crippen LogP contribution < -0.4 is 0 Å². The quantitative estimate of drug-likeness (QED) is 0.820. The van der Waals surface area contributed by atoms with Gasteiger partial charge in [0.05, 0.1) is 6.42 Å². The molecule has 1 aliphatic carbocycles. The summed E-state index contributed by atoms with van der Waals surface area (Å²) in [5.41, 5.74) is -0.241. The van der Waals surface area contributed by atoms with E-state index in [-0.39, 0.29) is 24.7 Å². The van der Waals surface area contributed by atoms with Gasteiger partial charge in [0.1, 0.15) is 5.60 Å². The highest BCUT2D eigenvalue weighted by Crippen LogP contribution is 2.37. The largest absolute Gasteiger partial charge is 0.481 e. The minimum Gasteiger partial charge on any atom is -0.481 e. The molecule has 1 saturated carbocycles. The first-order chi connectivity index (χ1) is 8.11. The van der Waals surface area contributed by atoms with Crippen LogP contribution in [0.15, 0.2) is 0 Å². The van der Waals surface area contributed by atoms with Gasteiger partial charge in [0.25, 0.3) is 0 Å². The van der Waals surface area contributed by atoms with E-state index >= 15 is 0 Å². The predicted octanol–water partition coefficient (Wildman–Crippen LogP) is 2.01. The predicted molar refractivity (Wildman–Crippen MR) is 60.7 cm³/mol. The van der Waals surface area contributed by atoms with Crippen molar-refractivity contribution in [3.8, 4) is 0 Å². The maximum atomic E-state index is 11.8. The lowest BCUT2D eigenvalue weighted by Gasteiger charge is -2.43. The molecular formula is C12H19NO4. The Hall–Kier alpha value is -1.26. The zero-order valence-corrected chi connectivity index (χ0v) is 9.98. The van der Waals surface area contributed by atoms with Gasteiger partial charge in [-0.05, 0) is 25.7 Å². The maximum absolute atomic E-state index is 11.8. The van der Waals surface area contributed by atoms with Crippen LogP contribution in [0.5, 0.6) is 0 Å². The highest BCUT2D eigenvalue weighted by Gasteiger charge is 2.41. The van der Waals surface area contributed by atoms with Gasteiger partial charge in [-0.2, -0.15) is 0 Å². The van der Waals surface area contributed by atoms with Crippen molar-refractivity contribution in [2.45, 2.75) is 50.5 Å². The molecule has 5 heteroatoms. The second-order valence-corrected chi connectivity index (χ2v) is 4.99. The molecule has 0 aromatic heterocycles. The van der Waals surface area contributed by atoms with Crippen molar-refractivity contribution in [3.63, 3.8) is 0 Å². The third kappa shape index (κ3) is 2.90. The van der Waals surface area contributed by atoms with Crippen LogP contribution in [-0.2, 0) is 9.53 Å². The van der Waals surface area contributed by atoms with Crippen LogP contribution in [0.1, 0.15) is 44.9 Å². The zero-order valence-electron chi connectivity index (χ0n) is 9.98. The van der Waals surface area contributed by atoms with Crippen molar-refractivity contribution in [2.75, 3.05) is 13.1 Å². The summed E-state index contributed by atoms with van der Waals surface area (Å²) in [6, 6.07) is 0. The third-order valence-electron chi connectivity index (χ3n) is 3.76. The molecule has 5 nitrogen and oxygen atoms in total. The summed E-state index contributed by atoms with van der Waals surface area (Å²) >= 11 is 0. The molecule has 96 valence electrons. The number of carboxylic acid groups (broad SMARTS) is 1. The van der Waals surface area contributed by atoms with Crippen LogP contribution >= 0.6 is 0 Å². The average Bonchev–Trinajstić information content (AvgIpc) is 2.29. The first kappa shape index (κ1) is 12.2. The van der Waals surface area contributed by atoms with E-state index in [4.69, 9.17) is 9.84 Å². The standard InChI is InChI=1S/C12H19NO4/c14-10(15)4-8-13-9-7-12(17-11(13)16)5-2-1-3-6-12/h1-9H2,(H,14,15). The van der Waals surface area contributed by atoms with E-state index in [1.807, 2.05) is 0 Å². The summed E-state index contributed by atoms with van der Waals surface area (Å²) in [5, 5.41) is 8.59. The summed E-state index contributed by atoms with van der Waals surface area (Å²) in [5.74, 6) is -0.879. The SMILES string of the molecule is O=C(O)CCN1CCC2(CCCCC2)OC1=O. The van der Waals surface area contributed by atoms with Crippen molar-refractivity contribution in [1.29, 1.82) is 0 Å². The fourth-order valence-corrected chi connectivity index (χ4v) is 2.71. The Labute approximate surface area is 101 Å². The fraction of sp³-hybridized carbons (Fsp3) is 0.833. The molecule has 1 N–H and O–H groups in total. The van der Waals surface area contributed by atoms with Gasteiger partial charge in [-0.1, -0.05) is 6.42 Å². The molecule has 0 bridgehead atoms. The molecule has 0 atom stereocenters. The summed E-state index contributed by atoms with van der Waals surface area (Å²) in [6.45, 7) is 0.885. The lowest BCUT2D eigenvalue weighted by Crippen LogP contribution is -2.50. The van der Waals surface area contributed by atoms with Crippen molar-refractivity contribution in [2.24, 2.45) is 0 Å². The number of carbonyl (C=O) groups excluding carboxylic acids is 1. The van der Waals surface area contributed by atoms with E-state index in [1.54, 1.807) is 0 Å². The summed E-state index contributed by atoms with van der Waals surface area (Å²) < 4.78 is 5.55. The van der Waals surface area contributed by atoms with E-state index in [1.165, 1.54) is 11.3 Å². The average molecular weight is 241 g/mol. The fourth-order valence-electron chi connectivity index (χ4n) is 2.71. The van der Waals surface area contributed by atoms with E-state index in [0.29, 0.717) is 6.54 Å². The van der Waals surface area contributed by atoms with E-state index in [9.17, 15) is 9.59 Å². The molecule has 0 radical (unpaired) electrons. The van der Waals surface area contributed by atoms with E-state index in [0.717, 1.165) is 32.1 Å².